The number of hydrogen-bond acceptors (Lipinski definition) is 7. The van der Waals surface area contributed by atoms with E-state index in [1.54, 1.807) is 0 Å². The van der Waals surface area contributed by atoms with Gasteiger partial charge in [0.1, 0.15) is 5.69 Å². The van der Waals surface area contributed by atoms with Crippen molar-refractivity contribution in [2.45, 2.75) is 38.1 Å². The van der Waals surface area contributed by atoms with Crippen molar-refractivity contribution in [3.63, 3.8) is 0 Å². The molecule has 0 amide bonds. The van der Waals surface area contributed by atoms with Gasteiger partial charge in [-0.3, -0.25) is 4.18 Å². The highest BCUT2D eigenvalue weighted by Crippen LogP contribution is 2.29. The molecule has 1 N–H and O–H groups in total. The molecule has 28 heavy (non-hydrogen) atoms. The lowest BCUT2D eigenvalue weighted by atomic mass is 9.95. The molecular formula is C18H27N5O4S. The Morgan fingerprint density at radius 2 is 1.86 bits per heavy atom. The molecule has 9 nitrogen and oxygen atoms in total. The van der Waals surface area contributed by atoms with Gasteiger partial charge in [-0.05, 0) is 25.0 Å². The summed E-state index contributed by atoms with van der Waals surface area (Å²) in [6.45, 7) is 0. The second-order valence-corrected chi connectivity index (χ2v) is 7.74. The summed E-state index contributed by atoms with van der Waals surface area (Å²) < 4.78 is 34.9. The van der Waals surface area contributed by atoms with E-state index in [1.807, 2.05) is 53.8 Å². The van der Waals surface area contributed by atoms with E-state index in [-0.39, 0.29) is 0 Å². The number of aryl methyl sites for hydroxylation is 2. The Bertz CT molecular complexity index is 870. The minimum Gasteiger partial charge on any atom is -0.726 e. The largest absolute Gasteiger partial charge is 0.726 e. The van der Waals surface area contributed by atoms with Crippen LogP contribution in [0.4, 0.5) is 17.3 Å². The molecule has 1 aliphatic rings. The van der Waals surface area contributed by atoms with Gasteiger partial charge >= 0.3 is 5.95 Å². The highest BCUT2D eigenvalue weighted by atomic mass is 32.3. The molecule has 1 aromatic heterocycles. The summed E-state index contributed by atoms with van der Waals surface area (Å²) in [5.41, 5.74) is 1.98. The van der Waals surface area contributed by atoms with Gasteiger partial charge in [0.2, 0.25) is 10.4 Å². The van der Waals surface area contributed by atoms with Gasteiger partial charge in [-0.15, -0.1) is 0 Å². The van der Waals surface area contributed by atoms with Crippen molar-refractivity contribution in [2.75, 3.05) is 12.4 Å². The first-order valence-corrected chi connectivity index (χ1v) is 10.4. The third-order valence-electron chi connectivity index (χ3n) is 4.46. The number of imidazole rings is 1. The molecule has 0 spiro atoms. The standard InChI is InChI=1S/C17H23N5.CH4O4S/c1-21-12-13-22(2)17(21)20-19-16-11-7-6-10-15(16)18-14-8-4-3-5-9-14;1-5-6(2,3)4/h6-7,10-14H,3-5,8-9H2,1-2H3;1H3,(H,2,3,4). The Morgan fingerprint density at radius 1 is 1.21 bits per heavy atom. The molecule has 0 unspecified atom stereocenters. The molecule has 10 heteroatoms. The SMILES string of the molecule is COS(=O)(=O)[O-].Cn1cc[n+](C)c1N=Nc1ccccc1NC1CCCCC1. The van der Waals surface area contributed by atoms with Crippen LogP contribution in [0.1, 0.15) is 32.1 Å². The van der Waals surface area contributed by atoms with Gasteiger partial charge in [-0.25, -0.2) is 17.6 Å². The minimum absolute atomic E-state index is 0.566. The summed E-state index contributed by atoms with van der Waals surface area (Å²) in [6.07, 6.45) is 10.4. The van der Waals surface area contributed by atoms with Crippen molar-refractivity contribution in [2.24, 2.45) is 24.3 Å². The first-order valence-electron chi connectivity index (χ1n) is 9.10. The zero-order chi connectivity index (χ0) is 20.6. The van der Waals surface area contributed by atoms with Gasteiger partial charge in [-0.1, -0.05) is 36.5 Å². The maximum absolute atomic E-state index is 9.22. The molecule has 1 saturated carbocycles. The predicted octanol–water partition coefficient (Wildman–Crippen LogP) is 3.10. The van der Waals surface area contributed by atoms with Crippen molar-refractivity contribution < 1.29 is 21.7 Å². The highest BCUT2D eigenvalue weighted by Gasteiger charge is 2.15. The molecule has 154 valence electrons. The Balaban J connectivity index is 0.000000409. The molecular weight excluding hydrogens is 382 g/mol. The van der Waals surface area contributed by atoms with Gasteiger partial charge in [0, 0.05) is 11.2 Å². The average Bonchev–Trinajstić information content (AvgIpc) is 3.00. The van der Waals surface area contributed by atoms with Crippen molar-refractivity contribution in [3.05, 3.63) is 36.7 Å². The maximum atomic E-state index is 9.22. The quantitative estimate of drug-likeness (QED) is 0.353. The zero-order valence-electron chi connectivity index (χ0n) is 16.4. The summed E-state index contributed by atoms with van der Waals surface area (Å²) in [4.78, 5) is 0. The van der Waals surface area contributed by atoms with E-state index in [0.29, 0.717) is 6.04 Å². The van der Waals surface area contributed by atoms with Crippen LogP contribution in [-0.2, 0) is 28.7 Å². The Hall–Kier alpha value is -2.30. The Kier molecular flexibility index (Phi) is 8.09. The molecule has 0 saturated heterocycles. The van der Waals surface area contributed by atoms with Gasteiger partial charge in [-0.2, -0.15) is 0 Å². The van der Waals surface area contributed by atoms with Gasteiger partial charge in [0.05, 0.1) is 39.3 Å². The van der Waals surface area contributed by atoms with Crippen molar-refractivity contribution >= 4 is 27.7 Å². The third-order valence-corrected chi connectivity index (χ3v) is 4.87. The normalized spacial score (nSPS) is 15.3. The van der Waals surface area contributed by atoms with Crippen LogP contribution in [0.5, 0.6) is 0 Å². The van der Waals surface area contributed by atoms with Gasteiger partial charge in [0.25, 0.3) is 0 Å². The minimum atomic E-state index is -4.41. The number of aromatic nitrogens is 2. The van der Waals surface area contributed by atoms with Crippen LogP contribution in [0.2, 0.25) is 0 Å². The van der Waals surface area contributed by atoms with Crippen LogP contribution in [0, 0.1) is 0 Å². The lowest BCUT2D eigenvalue weighted by Gasteiger charge is -2.24. The van der Waals surface area contributed by atoms with Gasteiger partial charge < -0.3 is 9.87 Å². The van der Waals surface area contributed by atoms with Crippen molar-refractivity contribution in [1.82, 2.24) is 4.57 Å². The molecule has 3 rings (SSSR count). The average molecular weight is 410 g/mol. The van der Waals surface area contributed by atoms with Crippen molar-refractivity contribution in [3.8, 4) is 0 Å². The summed E-state index contributed by atoms with van der Waals surface area (Å²) in [5, 5.41) is 12.5. The van der Waals surface area contributed by atoms with E-state index in [0.717, 1.165) is 24.4 Å². The predicted molar refractivity (Wildman–Crippen MR) is 104 cm³/mol. The molecule has 0 bridgehead atoms. The molecule has 0 aliphatic heterocycles. The van der Waals surface area contributed by atoms with Crippen LogP contribution in [0.15, 0.2) is 46.9 Å². The van der Waals surface area contributed by atoms with Crippen LogP contribution in [-0.4, -0.2) is 30.7 Å². The molecule has 2 aromatic rings. The fourth-order valence-electron chi connectivity index (χ4n) is 2.97. The number of benzene rings is 1. The van der Waals surface area contributed by atoms with Crippen LogP contribution < -0.4 is 9.88 Å². The molecule has 1 aliphatic carbocycles. The number of para-hydroxylation sites is 1. The third kappa shape index (κ3) is 7.02. The van der Waals surface area contributed by atoms with E-state index in [4.69, 9.17) is 0 Å². The van der Waals surface area contributed by atoms with Crippen LogP contribution in [0.3, 0.4) is 0 Å². The number of rotatable bonds is 5. The highest BCUT2D eigenvalue weighted by molar-refractivity contribution is 7.80. The fraction of sp³-hybridized carbons (Fsp3) is 0.500. The summed E-state index contributed by atoms with van der Waals surface area (Å²) in [6, 6.07) is 8.72. The van der Waals surface area contributed by atoms with Gasteiger partial charge in [0.15, 0.2) is 0 Å². The first-order chi connectivity index (χ1) is 13.3. The number of anilines is 1. The number of azo groups is 1. The van der Waals surface area contributed by atoms with E-state index >= 15 is 0 Å². The summed E-state index contributed by atoms with van der Waals surface area (Å²) in [5.74, 6) is 0.826. The summed E-state index contributed by atoms with van der Waals surface area (Å²) in [7, 11) is 0.341. The Labute approximate surface area is 166 Å². The van der Waals surface area contributed by atoms with E-state index in [2.05, 4.69) is 25.8 Å². The smallest absolute Gasteiger partial charge is 0.421 e. The fourth-order valence-corrected chi connectivity index (χ4v) is 2.97. The Morgan fingerprint density at radius 3 is 2.43 bits per heavy atom. The molecule has 1 fully saturated rings. The monoisotopic (exact) mass is 409 g/mol. The maximum Gasteiger partial charge on any atom is 0.421 e. The lowest BCUT2D eigenvalue weighted by molar-refractivity contribution is -0.657. The molecule has 1 heterocycles. The van der Waals surface area contributed by atoms with E-state index in [9.17, 15) is 13.0 Å². The van der Waals surface area contributed by atoms with Crippen molar-refractivity contribution in [1.29, 1.82) is 0 Å². The second kappa shape index (κ2) is 10.3. The second-order valence-electron chi connectivity index (χ2n) is 6.59. The first kappa shape index (κ1) is 22.0. The van der Waals surface area contributed by atoms with Crippen LogP contribution >= 0.6 is 0 Å². The van der Waals surface area contributed by atoms with E-state index in [1.165, 1.54) is 32.1 Å². The zero-order valence-corrected chi connectivity index (χ0v) is 17.2. The van der Waals surface area contributed by atoms with E-state index < -0.39 is 10.4 Å². The number of nitrogens with zero attached hydrogens (tertiary/aromatic N) is 4. The summed E-state index contributed by atoms with van der Waals surface area (Å²) >= 11 is 0. The lowest BCUT2D eigenvalue weighted by Crippen LogP contribution is -2.25. The number of nitrogens with one attached hydrogen (secondary N) is 1. The molecule has 0 radical (unpaired) electrons. The molecule has 1 aromatic carbocycles. The number of hydrogen-bond donors (Lipinski definition) is 1. The van der Waals surface area contributed by atoms with Crippen LogP contribution in [0.25, 0.3) is 0 Å². The topological polar surface area (TPSA) is 112 Å². The molecule has 0 atom stereocenters.